The molecular formula is C21H20F3N3O3S. The molecule has 6 nitrogen and oxygen atoms in total. The Hall–Kier alpha value is -2.72. The van der Waals surface area contributed by atoms with Crippen molar-refractivity contribution in [3.05, 3.63) is 47.5 Å². The Morgan fingerprint density at radius 3 is 2.65 bits per heavy atom. The van der Waals surface area contributed by atoms with Crippen molar-refractivity contribution in [2.75, 3.05) is 41.8 Å². The minimum atomic E-state index is -4.53. The predicted octanol–water partition coefficient (Wildman–Crippen LogP) is 4.23. The van der Waals surface area contributed by atoms with Crippen LogP contribution < -0.4 is 15.5 Å². The lowest BCUT2D eigenvalue weighted by Crippen LogP contribution is -2.36. The molecule has 2 N–H and O–H groups in total. The monoisotopic (exact) mass is 451 g/mol. The molecule has 2 amide bonds. The topological polar surface area (TPSA) is 70.7 Å². The number of alkyl halides is 3. The van der Waals surface area contributed by atoms with Crippen LogP contribution in [0, 0.1) is 0 Å². The zero-order valence-electron chi connectivity index (χ0n) is 16.6. The molecule has 0 spiro atoms. The standard InChI is InChI=1S/C21H20F3N3O3S/c1-12-19(28)26-16-10-13(2-5-18(16)31-12)20(29)25-15-11-14(21(22,23)24)3-4-17(15)27-6-8-30-9-7-27/h2-5,10-12H,6-9H2,1H3,(H,25,29)(H,26,28)/t12-/m0/s1. The minimum Gasteiger partial charge on any atom is -0.378 e. The van der Waals surface area contributed by atoms with E-state index in [4.69, 9.17) is 4.74 Å². The molecule has 2 aromatic rings. The van der Waals surface area contributed by atoms with Gasteiger partial charge in [0, 0.05) is 23.5 Å². The van der Waals surface area contributed by atoms with Crippen molar-refractivity contribution in [2.24, 2.45) is 0 Å². The van der Waals surface area contributed by atoms with Crippen LogP contribution in [-0.4, -0.2) is 43.4 Å². The molecule has 0 unspecified atom stereocenters. The highest BCUT2D eigenvalue weighted by Gasteiger charge is 2.32. The fourth-order valence-electron chi connectivity index (χ4n) is 3.44. The molecule has 1 atom stereocenters. The Balaban J connectivity index is 1.63. The van der Waals surface area contributed by atoms with Crippen LogP contribution in [0.3, 0.4) is 0 Å². The highest BCUT2D eigenvalue weighted by Crippen LogP contribution is 2.38. The average molecular weight is 451 g/mol. The first-order chi connectivity index (χ1) is 14.7. The van der Waals surface area contributed by atoms with Crippen molar-refractivity contribution in [1.29, 1.82) is 0 Å². The van der Waals surface area contributed by atoms with Gasteiger partial charge in [0.25, 0.3) is 5.91 Å². The summed E-state index contributed by atoms with van der Waals surface area (Å²) in [6.45, 7) is 3.71. The highest BCUT2D eigenvalue weighted by atomic mass is 32.2. The number of morpholine rings is 1. The number of thioether (sulfide) groups is 1. The Morgan fingerprint density at radius 1 is 1.19 bits per heavy atom. The number of ether oxygens (including phenoxy) is 1. The van der Waals surface area contributed by atoms with E-state index in [1.54, 1.807) is 19.1 Å². The van der Waals surface area contributed by atoms with E-state index in [0.29, 0.717) is 37.7 Å². The molecule has 0 bridgehead atoms. The van der Waals surface area contributed by atoms with Gasteiger partial charge < -0.3 is 20.3 Å². The molecule has 2 aliphatic rings. The van der Waals surface area contributed by atoms with Gasteiger partial charge in [-0.05, 0) is 43.3 Å². The SMILES string of the molecule is C[C@@H]1Sc2ccc(C(=O)Nc3cc(C(F)(F)F)ccc3N3CCOCC3)cc2NC1=O. The largest absolute Gasteiger partial charge is 0.416 e. The maximum atomic E-state index is 13.3. The van der Waals surface area contributed by atoms with E-state index >= 15 is 0 Å². The van der Waals surface area contributed by atoms with E-state index in [1.165, 1.54) is 23.9 Å². The number of carbonyl (C=O) groups excluding carboxylic acids is 2. The van der Waals surface area contributed by atoms with Gasteiger partial charge >= 0.3 is 6.18 Å². The van der Waals surface area contributed by atoms with Crippen molar-refractivity contribution in [2.45, 2.75) is 23.2 Å². The number of anilines is 3. The van der Waals surface area contributed by atoms with Gasteiger partial charge in [0.05, 0.1) is 41.1 Å². The molecule has 4 rings (SSSR count). The number of hydrogen-bond acceptors (Lipinski definition) is 5. The maximum absolute atomic E-state index is 13.3. The Kier molecular flexibility index (Phi) is 5.85. The second kappa shape index (κ2) is 8.43. The van der Waals surface area contributed by atoms with Crippen LogP contribution in [0.1, 0.15) is 22.8 Å². The van der Waals surface area contributed by atoms with Crippen molar-refractivity contribution in [3.63, 3.8) is 0 Å². The number of benzene rings is 2. The molecule has 0 radical (unpaired) electrons. The highest BCUT2D eigenvalue weighted by molar-refractivity contribution is 8.00. The summed E-state index contributed by atoms with van der Waals surface area (Å²) < 4.78 is 45.1. The smallest absolute Gasteiger partial charge is 0.378 e. The summed E-state index contributed by atoms with van der Waals surface area (Å²) in [6, 6.07) is 8.17. The van der Waals surface area contributed by atoms with Crippen LogP contribution in [0.15, 0.2) is 41.3 Å². The number of carbonyl (C=O) groups is 2. The minimum absolute atomic E-state index is 0.0754. The number of hydrogen-bond donors (Lipinski definition) is 2. The van der Waals surface area contributed by atoms with Gasteiger partial charge in [0.2, 0.25) is 5.91 Å². The first-order valence-electron chi connectivity index (χ1n) is 9.69. The first kappa shape index (κ1) is 21.5. The molecule has 1 fully saturated rings. The molecule has 0 aliphatic carbocycles. The summed E-state index contributed by atoms with van der Waals surface area (Å²) in [5, 5.41) is 5.13. The first-order valence-corrected chi connectivity index (χ1v) is 10.6. The zero-order chi connectivity index (χ0) is 22.2. The van der Waals surface area contributed by atoms with E-state index in [-0.39, 0.29) is 22.4 Å². The average Bonchev–Trinajstić information content (AvgIpc) is 2.74. The fraction of sp³-hybridized carbons (Fsp3) is 0.333. The quantitative estimate of drug-likeness (QED) is 0.731. The summed E-state index contributed by atoms with van der Waals surface area (Å²) in [5.41, 5.74) is 0.479. The van der Waals surface area contributed by atoms with Gasteiger partial charge in [-0.2, -0.15) is 13.2 Å². The van der Waals surface area contributed by atoms with Crippen LogP contribution in [0.2, 0.25) is 0 Å². The third-order valence-corrected chi connectivity index (χ3v) is 6.27. The molecule has 2 aliphatic heterocycles. The molecule has 1 saturated heterocycles. The molecule has 0 saturated carbocycles. The number of nitrogens with one attached hydrogen (secondary N) is 2. The second-order valence-electron chi connectivity index (χ2n) is 7.24. The second-order valence-corrected chi connectivity index (χ2v) is 8.63. The van der Waals surface area contributed by atoms with Gasteiger partial charge in [-0.1, -0.05) is 0 Å². The Morgan fingerprint density at radius 2 is 1.94 bits per heavy atom. The fourth-order valence-corrected chi connectivity index (χ4v) is 4.37. The summed E-state index contributed by atoms with van der Waals surface area (Å²) in [7, 11) is 0. The zero-order valence-corrected chi connectivity index (χ0v) is 17.4. The number of nitrogens with zero attached hydrogens (tertiary/aromatic N) is 1. The van der Waals surface area contributed by atoms with Crippen LogP contribution in [0.5, 0.6) is 0 Å². The van der Waals surface area contributed by atoms with Crippen molar-refractivity contribution >= 4 is 40.6 Å². The van der Waals surface area contributed by atoms with Gasteiger partial charge in [-0.3, -0.25) is 9.59 Å². The van der Waals surface area contributed by atoms with Crippen molar-refractivity contribution in [1.82, 2.24) is 0 Å². The van der Waals surface area contributed by atoms with Crippen LogP contribution in [-0.2, 0) is 15.7 Å². The lowest BCUT2D eigenvalue weighted by molar-refractivity contribution is -0.137. The van der Waals surface area contributed by atoms with Crippen LogP contribution in [0.4, 0.5) is 30.2 Å². The van der Waals surface area contributed by atoms with Crippen molar-refractivity contribution in [3.8, 4) is 0 Å². The molecular weight excluding hydrogens is 431 g/mol. The summed E-state index contributed by atoms with van der Waals surface area (Å²) >= 11 is 1.38. The number of halogens is 3. The van der Waals surface area contributed by atoms with E-state index < -0.39 is 17.6 Å². The van der Waals surface area contributed by atoms with E-state index in [0.717, 1.165) is 17.0 Å². The Labute approximate surface area is 181 Å². The van der Waals surface area contributed by atoms with E-state index in [9.17, 15) is 22.8 Å². The van der Waals surface area contributed by atoms with Gasteiger partial charge in [-0.25, -0.2) is 0 Å². The molecule has 10 heteroatoms. The number of fused-ring (bicyclic) bond motifs is 1. The summed E-state index contributed by atoms with van der Waals surface area (Å²) in [4.78, 5) is 27.5. The summed E-state index contributed by atoms with van der Waals surface area (Å²) in [6.07, 6.45) is -4.53. The van der Waals surface area contributed by atoms with Crippen LogP contribution >= 0.6 is 11.8 Å². The molecule has 164 valence electrons. The lowest BCUT2D eigenvalue weighted by Gasteiger charge is -2.31. The number of amides is 2. The maximum Gasteiger partial charge on any atom is 0.416 e. The van der Waals surface area contributed by atoms with Gasteiger partial charge in [-0.15, -0.1) is 11.8 Å². The van der Waals surface area contributed by atoms with E-state index in [1.807, 2.05) is 4.90 Å². The summed E-state index contributed by atoms with van der Waals surface area (Å²) in [5.74, 6) is -0.725. The third-order valence-electron chi connectivity index (χ3n) is 5.10. The Bertz CT molecular complexity index is 1020. The predicted molar refractivity (Wildman–Crippen MR) is 113 cm³/mol. The molecule has 0 aromatic heterocycles. The molecule has 31 heavy (non-hydrogen) atoms. The van der Waals surface area contributed by atoms with Gasteiger partial charge in [0.15, 0.2) is 0 Å². The molecule has 2 aromatic carbocycles. The normalized spacial score (nSPS) is 18.9. The van der Waals surface area contributed by atoms with Crippen molar-refractivity contribution < 1.29 is 27.5 Å². The lowest BCUT2D eigenvalue weighted by atomic mass is 10.1. The number of rotatable bonds is 3. The van der Waals surface area contributed by atoms with E-state index in [2.05, 4.69) is 10.6 Å². The molecule has 2 heterocycles. The van der Waals surface area contributed by atoms with Crippen LogP contribution in [0.25, 0.3) is 0 Å². The third kappa shape index (κ3) is 4.64. The van der Waals surface area contributed by atoms with Gasteiger partial charge in [0.1, 0.15) is 0 Å².